The summed E-state index contributed by atoms with van der Waals surface area (Å²) >= 11 is 0. The Morgan fingerprint density at radius 1 is 1.19 bits per heavy atom. The SMILES string of the molecule is CC1(C)CC(NCCCCCO)C(C)(C)O1. The highest BCUT2D eigenvalue weighted by atomic mass is 16.5. The molecule has 2 N–H and O–H groups in total. The van der Waals surface area contributed by atoms with Gasteiger partial charge in [-0.2, -0.15) is 0 Å². The molecular formula is C13H27NO2. The van der Waals surface area contributed by atoms with Crippen molar-refractivity contribution in [3.05, 3.63) is 0 Å². The predicted molar refractivity (Wildman–Crippen MR) is 66.6 cm³/mol. The first-order valence-electron chi connectivity index (χ1n) is 6.42. The van der Waals surface area contributed by atoms with Gasteiger partial charge < -0.3 is 15.2 Å². The standard InChI is InChI=1S/C13H27NO2/c1-12(2)10-11(13(3,4)16-12)14-8-6-5-7-9-15/h11,14-15H,5-10H2,1-4H3. The Morgan fingerprint density at radius 3 is 2.38 bits per heavy atom. The van der Waals surface area contributed by atoms with Crippen molar-refractivity contribution in [3.63, 3.8) is 0 Å². The van der Waals surface area contributed by atoms with Gasteiger partial charge in [-0.15, -0.1) is 0 Å². The number of ether oxygens (including phenoxy) is 1. The van der Waals surface area contributed by atoms with Crippen molar-refractivity contribution in [3.8, 4) is 0 Å². The largest absolute Gasteiger partial charge is 0.396 e. The summed E-state index contributed by atoms with van der Waals surface area (Å²) in [6.07, 6.45) is 4.21. The zero-order valence-corrected chi connectivity index (χ0v) is 11.2. The summed E-state index contributed by atoms with van der Waals surface area (Å²) in [7, 11) is 0. The van der Waals surface area contributed by atoms with Crippen LogP contribution in [0.25, 0.3) is 0 Å². The van der Waals surface area contributed by atoms with Crippen LogP contribution in [-0.4, -0.2) is 35.5 Å². The zero-order chi connectivity index (χ0) is 12.2. The third-order valence-electron chi connectivity index (χ3n) is 3.30. The van der Waals surface area contributed by atoms with Gasteiger partial charge in [0.15, 0.2) is 0 Å². The number of hydrogen-bond donors (Lipinski definition) is 2. The van der Waals surface area contributed by atoms with Gasteiger partial charge in [-0.1, -0.05) is 0 Å². The molecule has 1 unspecified atom stereocenters. The van der Waals surface area contributed by atoms with Gasteiger partial charge in [-0.3, -0.25) is 0 Å². The summed E-state index contributed by atoms with van der Waals surface area (Å²) in [6, 6.07) is 0.441. The zero-order valence-electron chi connectivity index (χ0n) is 11.2. The van der Waals surface area contributed by atoms with E-state index in [9.17, 15) is 0 Å². The molecule has 0 amide bonds. The summed E-state index contributed by atoms with van der Waals surface area (Å²) in [5.74, 6) is 0. The normalized spacial score (nSPS) is 27.2. The molecule has 1 saturated heterocycles. The van der Waals surface area contributed by atoms with Crippen molar-refractivity contribution in [1.29, 1.82) is 0 Å². The lowest BCUT2D eigenvalue weighted by molar-refractivity contribution is -0.0697. The van der Waals surface area contributed by atoms with Gasteiger partial charge in [0.05, 0.1) is 11.2 Å². The highest BCUT2D eigenvalue weighted by Gasteiger charge is 2.45. The van der Waals surface area contributed by atoms with Crippen molar-refractivity contribution in [1.82, 2.24) is 5.32 Å². The Labute approximate surface area is 99.6 Å². The van der Waals surface area contributed by atoms with Gasteiger partial charge >= 0.3 is 0 Å². The molecule has 1 aliphatic heterocycles. The minimum Gasteiger partial charge on any atom is -0.396 e. The van der Waals surface area contributed by atoms with Crippen molar-refractivity contribution < 1.29 is 9.84 Å². The quantitative estimate of drug-likeness (QED) is 0.685. The van der Waals surface area contributed by atoms with Crippen LogP contribution in [0.2, 0.25) is 0 Å². The molecule has 0 spiro atoms. The van der Waals surface area contributed by atoms with Crippen LogP contribution >= 0.6 is 0 Å². The number of rotatable bonds is 6. The van der Waals surface area contributed by atoms with E-state index in [4.69, 9.17) is 9.84 Å². The van der Waals surface area contributed by atoms with E-state index >= 15 is 0 Å². The maximum Gasteiger partial charge on any atom is 0.0787 e. The predicted octanol–water partition coefficient (Wildman–Crippen LogP) is 2.08. The fourth-order valence-electron chi connectivity index (χ4n) is 2.57. The van der Waals surface area contributed by atoms with E-state index in [1.807, 2.05) is 0 Å². The summed E-state index contributed by atoms with van der Waals surface area (Å²) < 4.78 is 6.02. The summed E-state index contributed by atoms with van der Waals surface area (Å²) in [5.41, 5.74) is -0.0766. The van der Waals surface area contributed by atoms with Gasteiger partial charge in [0.1, 0.15) is 0 Å². The average molecular weight is 229 g/mol. The molecule has 3 heteroatoms. The molecule has 0 aliphatic carbocycles. The van der Waals surface area contributed by atoms with E-state index < -0.39 is 0 Å². The van der Waals surface area contributed by atoms with E-state index in [0.29, 0.717) is 12.6 Å². The molecule has 1 atom stereocenters. The molecule has 3 nitrogen and oxygen atoms in total. The molecule has 16 heavy (non-hydrogen) atoms. The van der Waals surface area contributed by atoms with Crippen LogP contribution in [0.1, 0.15) is 53.4 Å². The molecule has 0 bridgehead atoms. The third-order valence-corrected chi connectivity index (χ3v) is 3.30. The maximum atomic E-state index is 8.69. The van der Waals surface area contributed by atoms with Crippen LogP contribution < -0.4 is 5.32 Å². The fraction of sp³-hybridized carbons (Fsp3) is 1.00. The molecule has 1 aliphatic rings. The van der Waals surface area contributed by atoms with Gasteiger partial charge in [0, 0.05) is 12.6 Å². The highest BCUT2D eigenvalue weighted by Crippen LogP contribution is 2.37. The number of hydrogen-bond acceptors (Lipinski definition) is 3. The molecule has 96 valence electrons. The number of aliphatic hydroxyl groups is 1. The topological polar surface area (TPSA) is 41.5 Å². The molecule has 0 aromatic heterocycles. The van der Waals surface area contributed by atoms with Crippen LogP contribution in [0.15, 0.2) is 0 Å². The van der Waals surface area contributed by atoms with E-state index in [2.05, 4.69) is 33.0 Å². The molecule has 0 radical (unpaired) electrons. The van der Waals surface area contributed by atoms with Crippen molar-refractivity contribution in [2.45, 2.75) is 70.6 Å². The van der Waals surface area contributed by atoms with Crippen LogP contribution in [0.4, 0.5) is 0 Å². The Kier molecular flexibility index (Phi) is 4.77. The molecule has 0 aromatic carbocycles. The van der Waals surface area contributed by atoms with E-state index in [1.165, 1.54) is 0 Å². The Morgan fingerprint density at radius 2 is 1.88 bits per heavy atom. The second-order valence-corrected chi connectivity index (χ2v) is 5.96. The van der Waals surface area contributed by atoms with E-state index in [1.54, 1.807) is 0 Å². The van der Waals surface area contributed by atoms with Crippen LogP contribution in [0, 0.1) is 0 Å². The summed E-state index contributed by atoms with van der Waals surface area (Å²) in [5, 5.41) is 12.3. The van der Waals surface area contributed by atoms with Gasteiger partial charge in [0.2, 0.25) is 0 Å². The lowest BCUT2D eigenvalue weighted by atomic mass is 9.94. The van der Waals surface area contributed by atoms with E-state index in [0.717, 1.165) is 32.2 Å². The van der Waals surface area contributed by atoms with Gasteiger partial charge in [-0.05, 0) is 59.9 Å². The molecule has 1 heterocycles. The second-order valence-electron chi connectivity index (χ2n) is 5.96. The van der Waals surface area contributed by atoms with E-state index in [-0.39, 0.29) is 11.2 Å². The monoisotopic (exact) mass is 229 g/mol. The van der Waals surface area contributed by atoms with Crippen molar-refractivity contribution >= 4 is 0 Å². The summed E-state index contributed by atoms with van der Waals surface area (Å²) in [6.45, 7) is 9.96. The Bertz CT molecular complexity index is 214. The minimum absolute atomic E-state index is 0.00767. The second kappa shape index (κ2) is 5.48. The van der Waals surface area contributed by atoms with Gasteiger partial charge in [-0.25, -0.2) is 0 Å². The molecular weight excluding hydrogens is 202 g/mol. The maximum absolute atomic E-state index is 8.69. The first-order chi connectivity index (χ1) is 7.37. The molecule has 1 fully saturated rings. The lowest BCUT2D eigenvalue weighted by Gasteiger charge is -2.27. The first-order valence-corrected chi connectivity index (χ1v) is 6.42. The average Bonchev–Trinajstić information content (AvgIpc) is 2.34. The molecule has 1 rings (SSSR count). The van der Waals surface area contributed by atoms with Crippen molar-refractivity contribution in [2.24, 2.45) is 0 Å². The fourth-order valence-corrected chi connectivity index (χ4v) is 2.57. The molecule has 0 saturated carbocycles. The van der Waals surface area contributed by atoms with Gasteiger partial charge in [0.25, 0.3) is 0 Å². The van der Waals surface area contributed by atoms with Crippen LogP contribution in [-0.2, 0) is 4.74 Å². The third kappa shape index (κ3) is 4.04. The van der Waals surface area contributed by atoms with Crippen LogP contribution in [0.3, 0.4) is 0 Å². The minimum atomic E-state index is -0.0690. The lowest BCUT2D eigenvalue weighted by Crippen LogP contribution is -2.43. The first kappa shape index (κ1) is 13.9. The number of unbranched alkanes of at least 4 members (excludes halogenated alkanes) is 2. The number of aliphatic hydroxyl groups excluding tert-OH is 1. The van der Waals surface area contributed by atoms with Crippen molar-refractivity contribution in [2.75, 3.05) is 13.2 Å². The Hall–Kier alpha value is -0.120. The summed E-state index contributed by atoms with van der Waals surface area (Å²) in [4.78, 5) is 0. The Balaban J connectivity index is 2.26. The van der Waals surface area contributed by atoms with Crippen LogP contribution in [0.5, 0.6) is 0 Å². The molecule has 0 aromatic rings. The smallest absolute Gasteiger partial charge is 0.0787 e. The number of nitrogens with one attached hydrogen (secondary N) is 1. The highest BCUT2D eigenvalue weighted by molar-refractivity contribution is 4.98.